The highest BCUT2D eigenvalue weighted by Gasteiger charge is 2.18. The first-order valence-electron chi connectivity index (χ1n) is 5.02. The van der Waals surface area contributed by atoms with Crippen LogP contribution in [0.25, 0.3) is 0 Å². The zero-order valence-electron chi connectivity index (χ0n) is 9.34. The molecular weight excluding hydrogens is 246 g/mol. The van der Waals surface area contributed by atoms with Crippen LogP contribution in [0, 0.1) is 5.92 Å². The molecule has 0 aliphatic rings. The molecular formula is C10H20BrNO2. The van der Waals surface area contributed by atoms with E-state index < -0.39 is 0 Å². The Morgan fingerprint density at radius 1 is 1.43 bits per heavy atom. The smallest absolute Gasteiger partial charge is 0.234 e. The number of halogens is 1. The minimum absolute atomic E-state index is 0.0338. The summed E-state index contributed by atoms with van der Waals surface area (Å²) in [5.74, 6) is 0.337. The van der Waals surface area contributed by atoms with Gasteiger partial charge in [0.1, 0.15) is 0 Å². The van der Waals surface area contributed by atoms with Crippen LogP contribution in [-0.4, -0.2) is 30.0 Å². The van der Waals surface area contributed by atoms with Gasteiger partial charge in [0, 0.05) is 13.2 Å². The van der Waals surface area contributed by atoms with Crippen LogP contribution >= 0.6 is 15.9 Å². The van der Waals surface area contributed by atoms with Crippen LogP contribution in [0.5, 0.6) is 0 Å². The molecule has 0 saturated heterocycles. The van der Waals surface area contributed by atoms with Crippen molar-refractivity contribution < 1.29 is 9.53 Å². The number of ether oxygens (including phenoxy) is 1. The van der Waals surface area contributed by atoms with E-state index >= 15 is 0 Å². The average Bonchev–Trinajstić information content (AvgIpc) is 2.13. The zero-order valence-corrected chi connectivity index (χ0v) is 10.9. The third-order valence-electron chi connectivity index (χ3n) is 1.85. The summed E-state index contributed by atoms with van der Waals surface area (Å²) >= 11 is 3.34. The lowest BCUT2D eigenvalue weighted by Crippen LogP contribution is -2.38. The minimum atomic E-state index is -0.115. The van der Waals surface area contributed by atoms with Gasteiger partial charge in [-0.2, -0.15) is 0 Å². The van der Waals surface area contributed by atoms with Gasteiger partial charge < -0.3 is 10.1 Å². The molecule has 0 saturated carbocycles. The van der Waals surface area contributed by atoms with Crippen molar-refractivity contribution in [3.63, 3.8) is 0 Å². The maximum atomic E-state index is 11.5. The number of amides is 1. The van der Waals surface area contributed by atoms with E-state index in [2.05, 4.69) is 21.2 Å². The fraction of sp³-hybridized carbons (Fsp3) is 0.900. The van der Waals surface area contributed by atoms with Gasteiger partial charge in [-0.25, -0.2) is 0 Å². The van der Waals surface area contributed by atoms with Crippen LogP contribution in [-0.2, 0) is 9.53 Å². The summed E-state index contributed by atoms with van der Waals surface area (Å²) in [5, 5.41) is 2.84. The lowest BCUT2D eigenvalue weighted by Gasteiger charge is -2.16. The predicted octanol–water partition coefficient (Wildman–Crippen LogP) is 1.95. The van der Waals surface area contributed by atoms with E-state index in [1.54, 1.807) is 0 Å². The van der Waals surface area contributed by atoms with Crippen molar-refractivity contribution in [1.29, 1.82) is 0 Å². The Hall–Kier alpha value is -0.0900. The lowest BCUT2D eigenvalue weighted by molar-refractivity contribution is -0.121. The van der Waals surface area contributed by atoms with Crippen molar-refractivity contribution in [1.82, 2.24) is 5.32 Å². The maximum absolute atomic E-state index is 11.5. The van der Waals surface area contributed by atoms with E-state index in [0.29, 0.717) is 19.1 Å². The Kier molecular flexibility index (Phi) is 7.19. The van der Waals surface area contributed by atoms with Gasteiger partial charge in [-0.05, 0) is 19.8 Å². The van der Waals surface area contributed by atoms with Crippen molar-refractivity contribution in [3.05, 3.63) is 0 Å². The molecule has 14 heavy (non-hydrogen) atoms. The highest BCUT2D eigenvalue weighted by Crippen LogP contribution is 2.11. The van der Waals surface area contributed by atoms with Crippen molar-refractivity contribution in [3.8, 4) is 0 Å². The van der Waals surface area contributed by atoms with Crippen molar-refractivity contribution in [2.45, 2.75) is 38.6 Å². The normalized spacial score (nSPS) is 15.3. The number of alkyl halides is 1. The highest BCUT2D eigenvalue weighted by atomic mass is 79.9. The molecule has 1 N–H and O–H groups in total. The molecule has 0 heterocycles. The van der Waals surface area contributed by atoms with Gasteiger partial charge in [-0.1, -0.05) is 29.8 Å². The van der Waals surface area contributed by atoms with Crippen LogP contribution in [0.1, 0.15) is 27.7 Å². The van der Waals surface area contributed by atoms with Crippen LogP contribution in [0.15, 0.2) is 0 Å². The molecule has 0 aromatic heterocycles. The minimum Gasteiger partial charge on any atom is -0.377 e. The summed E-state index contributed by atoms with van der Waals surface area (Å²) in [4.78, 5) is 11.4. The van der Waals surface area contributed by atoms with E-state index in [1.807, 2.05) is 27.7 Å². The summed E-state index contributed by atoms with van der Waals surface area (Å²) in [5.41, 5.74) is 0. The van der Waals surface area contributed by atoms with E-state index in [9.17, 15) is 4.79 Å². The second-order valence-electron chi connectivity index (χ2n) is 3.66. The van der Waals surface area contributed by atoms with Crippen LogP contribution in [0.3, 0.4) is 0 Å². The molecule has 0 rings (SSSR count). The third-order valence-corrected chi connectivity index (χ3v) is 3.32. The van der Waals surface area contributed by atoms with E-state index in [4.69, 9.17) is 4.74 Å². The number of nitrogens with one attached hydrogen (secondary N) is 1. The standard InChI is InChI=1S/C10H20BrNO2/c1-5-14-8(4)6-12-10(13)9(11)7(2)3/h7-9H,5-6H2,1-4H3,(H,12,13). The number of carbonyl (C=O) groups is 1. The van der Waals surface area contributed by atoms with Crippen molar-refractivity contribution >= 4 is 21.8 Å². The summed E-state index contributed by atoms with van der Waals surface area (Å²) in [7, 11) is 0. The number of hydrogen-bond acceptors (Lipinski definition) is 2. The Balaban J connectivity index is 3.73. The molecule has 0 aromatic rings. The number of hydrogen-bond donors (Lipinski definition) is 1. The van der Waals surface area contributed by atoms with Gasteiger partial charge in [0.15, 0.2) is 0 Å². The van der Waals surface area contributed by atoms with Gasteiger partial charge >= 0.3 is 0 Å². The van der Waals surface area contributed by atoms with Gasteiger partial charge in [0.05, 0.1) is 10.9 Å². The molecule has 0 radical (unpaired) electrons. The molecule has 84 valence electrons. The number of rotatable bonds is 6. The summed E-state index contributed by atoms with van der Waals surface area (Å²) < 4.78 is 5.30. The Morgan fingerprint density at radius 3 is 2.43 bits per heavy atom. The summed E-state index contributed by atoms with van der Waals surface area (Å²) in [6.45, 7) is 9.15. The number of carbonyl (C=O) groups excluding carboxylic acids is 1. The first-order chi connectivity index (χ1) is 6.49. The molecule has 0 spiro atoms. The molecule has 4 heteroatoms. The van der Waals surface area contributed by atoms with E-state index in [0.717, 1.165) is 0 Å². The van der Waals surface area contributed by atoms with E-state index in [1.165, 1.54) is 0 Å². The quantitative estimate of drug-likeness (QED) is 0.746. The van der Waals surface area contributed by atoms with Gasteiger partial charge in [-0.15, -0.1) is 0 Å². The largest absolute Gasteiger partial charge is 0.377 e. The van der Waals surface area contributed by atoms with Crippen LogP contribution in [0.2, 0.25) is 0 Å². The average molecular weight is 266 g/mol. The first kappa shape index (κ1) is 13.9. The van der Waals surface area contributed by atoms with Crippen molar-refractivity contribution in [2.75, 3.05) is 13.2 Å². The third kappa shape index (κ3) is 5.60. The first-order valence-corrected chi connectivity index (χ1v) is 5.94. The Morgan fingerprint density at radius 2 is 2.00 bits per heavy atom. The zero-order chi connectivity index (χ0) is 11.1. The molecule has 2 unspecified atom stereocenters. The predicted molar refractivity (Wildman–Crippen MR) is 61.7 cm³/mol. The molecule has 0 fully saturated rings. The molecule has 2 atom stereocenters. The molecule has 0 aliphatic heterocycles. The van der Waals surface area contributed by atoms with E-state index in [-0.39, 0.29) is 16.8 Å². The molecule has 0 aromatic carbocycles. The van der Waals surface area contributed by atoms with Crippen LogP contribution < -0.4 is 5.32 Å². The molecule has 0 aliphatic carbocycles. The van der Waals surface area contributed by atoms with Gasteiger partial charge in [0.25, 0.3) is 0 Å². The lowest BCUT2D eigenvalue weighted by atomic mass is 10.1. The molecule has 1 amide bonds. The van der Waals surface area contributed by atoms with Gasteiger partial charge in [-0.3, -0.25) is 4.79 Å². The second-order valence-corrected chi connectivity index (χ2v) is 4.64. The fourth-order valence-corrected chi connectivity index (χ4v) is 1.15. The molecule has 0 bridgehead atoms. The summed E-state index contributed by atoms with van der Waals surface area (Å²) in [6, 6.07) is 0. The fourth-order valence-electron chi connectivity index (χ4n) is 0.988. The SMILES string of the molecule is CCOC(C)CNC(=O)C(Br)C(C)C. The summed E-state index contributed by atoms with van der Waals surface area (Å²) in [6.07, 6.45) is 0.0795. The molecule has 3 nitrogen and oxygen atoms in total. The van der Waals surface area contributed by atoms with Crippen LogP contribution in [0.4, 0.5) is 0 Å². The van der Waals surface area contributed by atoms with Gasteiger partial charge in [0.2, 0.25) is 5.91 Å². The monoisotopic (exact) mass is 265 g/mol. The maximum Gasteiger partial charge on any atom is 0.234 e. The topological polar surface area (TPSA) is 38.3 Å². The highest BCUT2D eigenvalue weighted by molar-refractivity contribution is 9.10. The van der Waals surface area contributed by atoms with Crippen molar-refractivity contribution in [2.24, 2.45) is 5.92 Å². The second kappa shape index (κ2) is 7.23. The Labute approximate surface area is 94.7 Å². The Bertz CT molecular complexity index is 174.